The van der Waals surface area contributed by atoms with Crippen LogP contribution in [0.1, 0.15) is 58.3 Å². The Morgan fingerprint density at radius 2 is 1.60 bits per heavy atom. The van der Waals surface area contributed by atoms with E-state index in [0.29, 0.717) is 12.8 Å². The zero-order valence-corrected chi connectivity index (χ0v) is 14.8. The van der Waals surface area contributed by atoms with Gasteiger partial charge in [0.2, 0.25) is 0 Å². The van der Waals surface area contributed by atoms with E-state index < -0.39 is 0 Å². The van der Waals surface area contributed by atoms with E-state index in [0.717, 1.165) is 12.8 Å². The van der Waals surface area contributed by atoms with Crippen LogP contribution in [0.4, 0.5) is 0 Å². The van der Waals surface area contributed by atoms with Crippen molar-refractivity contribution < 1.29 is 44.3 Å². The number of unbranched alkanes of at least 4 members (excludes halogenated alkanes) is 7. The standard InChI is InChI=1S/C15H25NO3.Na/c1-2-3-4-5-6-7-8-9-10-16-11-14(18)13(12-17)15(16)19;/h12,17H,2-11H2,1H3;/q;+1/p-1/b13-12+;. The Kier molecular flexibility index (Phi) is 11.2. The summed E-state index contributed by atoms with van der Waals surface area (Å²) in [7, 11) is 0. The fraction of sp³-hybridized carbons (Fsp3) is 0.733. The Morgan fingerprint density at radius 1 is 1.05 bits per heavy atom. The number of carbonyl (C=O) groups is 2. The summed E-state index contributed by atoms with van der Waals surface area (Å²) in [5, 5.41) is 10.6. The van der Waals surface area contributed by atoms with Crippen LogP contribution in [0.5, 0.6) is 0 Å². The number of hydrogen-bond acceptors (Lipinski definition) is 3. The second-order valence-electron chi connectivity index (χ2n) is 5.16. The van der Waals surface area contributed by atoms with E-state index in [9.17, 15) is 14.7 Å². The molecule has 1 fully saturated rings. The van der Waals surface area contributed by atoms with Crippen LogP contribution in [0.3, 0.4) is 0 Å². The maximum absolute atomic E-state index is 11.6. The molecule has 0 atom stereocenters. The summed E-state index contributed by atoms with van der Waals surface area (Å²) in [6, 6.07) is 0. The second-order valence-corrected chi connectivity index (χ2v) is 5.16. The van der Waals surface area contributed by atoms with E-state index in [1.165, 1.54) is 43.4 Å². The Balaban J connectivity index is 0.00000361. The maximum Gasteiger partial charge on any atom is 1.00 e. The minimum atomic E-state index is -0.386. The molecule has 4 nitrogen and oxygen atoms in total. The topological polar surface area (TPSA) is 60.4 Å². The average molecular weight is 289 g/mol. The van der Waals surface area contributed by atoms with Crippen molar-refractivity contribution in [2.24, 2.45) is 0 Å². The molecule has 1 aliphatic heterocycles. The first kappa shape index (κ1) is 19.7. The van der Waals surface area contributed by atoms with Gasteiger partial charge in [0, 0.05) is 6.54 Å². The summed E-state index contributed by atoms with van der Waals surface area (Å²) in [5.74, 6) is -0.720. The third-order valence-corrected chi connectivity index (χ3v) is 3.55. The molecule has 5 heteroatoms. The molecule has 1 saturated heterocycles. The predicted octanol–water partition coefficient (Wildman–Crippen LogP) is -1.21. The van der Waals surface area contributed by atoms with Crippen LogP contribution in [-0.2, 0) is 9.59 Å². The summed E-state index contributed by atoms with van der Waals surface area (Å²) in [5.41, 5.74) is -0.181. The minimum absolute atomic E-state index is 0. The van der Waals surface area contributed by atoms with E-state index >= 15 is 0 Å². The second kappa shape index (κ2) is 11.4. The zero-order chi connectivity index (χ0) is 14.1. The van der Waals surface area contributed by atoms with Crippen molar-refractivity contribution in [1.29, 1.82) is 0 Å². The van der Waals surface area contributed by atoms with Gasteiger partial charge in [-0.15, -0.1) is 6.26 Å². The predicted molar refractivity (Wildman–Crippen MR) is 72.3 cm³/mol. The molecule has 0 aromatic heterocycles. The third kappa shape index (κ3) is 6.42. The number of rotatable bonds is 9. The molecule has 0 aliphatic carbocycles. The number of amides is 1. The molecule has 1 amide bonds. The summed E-state index contributed by atoms with van der Waals surface area (Å²) >= 11 is 0. The van der Waals surface area contributed by atoms with E-state index in [2.05, 4.69) is 6.92 Å². The van der Waals surface area contributed by atoms with Crippen LogP contribution in [0, 0.1) is 0 Å². The van der Waals surface area contributed by atoms with Crippen LogP contribution in [0.2, 0.25) is 0 Å². The Morgan fingerprint density at radius 3 is 2.10 bits per heavy atom. The van der Waals surface area contributed by atoms with Crippen LogP contribution in [0.15, 0.2) is 11.8 Å². The summed E-state index contributed by atoms with van der Waals surface area (Å²) in [6.07, 6.45) is 10.0. The summed E-state index contributed by atoms with van der Waals surface area (Å²) in [6.45, 7) is 2.89. The van der Waals surface area contributed by atoms with Gasteiger partial charge >= 0.3 is 29.6 Å². The van der Waals surface area contributed by atoms with Crippen molar-refractivity contribution in [3.63, 3.8) is 0 Å². The molecule has 0 radical (unpaired) electrons. The molecule has 0 saturated carbocycles. The first-order valence-corrected chi connectivity index (χ1v) is 7.35. The fourth-order valence-corrected chi connectivity index (χ4v) is 2.35. The summed E-state index contributed by atoms with van der Waals surface area (Å²) < 4.78 is 0. The van der Waals surface area contributed by atoms with Gasteiger partial charge in [0.15, 0.2) is 5.78 Å². The van der Waals surface area contributed by atoms with E-state index in [1.54, 1.807) is 0 Å². The van der Waals surface area contributed by atoms with Crippen molar-refractivity contribution >= 4 is 11.7 Å². The van der Waals surface area contributed by atoms with Gasteiger partial charge in [0.05, 0.1) is 12.1 Å². The first-order valence-electron chi connectivity index (χ1n) is 7.35. The normalized spacial score (nSPS) is 16.9. The molecular weight excluding hydrogens is 265 g/mol. The molecule has 0 bridgehead atoms. The molecule has 1 rings (SSSR count). The van der Waals surface area contributed by atoms with E-state index in [1.807, 2.05) is 0 Å². The van der Waals surface area contributed by atoms with Gasteiger partial charge in [-0.2, -0.15) is 0 Å². The van der Waals surface area contributed by atoms with Gasteiger partial charge in [-0.05, 0) is 6.42 Å². The molecule has 20 heavy (non-hydrogen) atoms. The molecule has 0 aromatic carbocycles. The SMILES string of the molecule is CCCCCCCCCCN1CC(=O)/C(=C\[O-])C1=O.[Na+]. The number of ketones is 1. The van der Waals surface area contributed by atoms with Crippen LogP contribution in [-0.4, -0.2) is 29.7 Å². The van der Waals surface area contributed by atoms with Gasteiger partial charge in [-0.1, -0.05) is 51.9 Å². The van der Waals surface area contributed by atoms with Gasteiger partial charge in [-0.25, -0.2) is 0 Å². The van der Waals surface area contributed by atoms with Crippen LogP contribution in [0.25, 0.3) is 0 Å². The molecular formula is C15H24NNaO3. The number of nitrogens with zero attached hydrogens (tertiary/aromatic N) is 1. The van der Waals surface area contributed by atoms with Crippen LogP contribution >= 0.6 is 0 Å². The van der Waals surface area contributed by atoms with Gasteiger partial charge in [0.25, 0.3) is 5.91 Å². The monoisotopic (exact) mass is 289 g/mol. The molecule has 0 unspecified atom stereocenters. The quantitative estimate of drug-likeness (QED) is 0.176. The van der Waals surface area contributed by atoms with E-state index in [4.69, 9.17) is 0 Å². The zero-order valence-electron chi connectivity index (χ0n) is 12.8. The van der Waals surface area contributed by atoms with Gasteiger partial charge < -0.3 is 10.0 Å². The smallest absolute Gasteiger partial charge is 0.877 e. The van der Waals surface area contributed by atoms with E-state index in [-0.39, 0.29) is 53.4 Å². The number of carbonyl (C=O) groups excluding carboxylic acids is 2. The Hall–Kier alpha value is -0.320. The molecule has 1 aliphatic rings. The van der Waals surface area contributed by atoms with Crippen molar-refractivity contribution in [1.82, 2.24) is 4.90 Å². The van der Waals surface area contributed by atoms with Crippen LogP contribution < -0.4 is 34.7 Å². The first-order chi connectivity index (χ1) is 9.20. The van der Waals surface area contributed by atoms with Crippen molar-refractivity contribution in [3.8, 4) is 0 Å². The van der Waals surface area contributed by atoms with Gasteiger partial charge in [0.1, 0.15) is 0 Å². The Bertz CT molecular complexity index is 342. The largest absolute Gasteiger partial charge is 1.00 e. The number of Topliss-reactive ketones (excluding diaryl/α,β-unsaturated/α-hetero) is 1. The Labute approximate surface area is 143 Å². The third-order valence-electron chi connectivity index (χ3n) is 3.55. The fourth-order valence-electron chi connectivity index (χ4n) is 2.35. The van der Waals surface area contributed by atoms with Crippen molar-refractivity contribution in [3.05, 3.63) is 11.8 Å². The molecule has 0 spiro atoms. The minimum Gasteiger partial charge on any atom is -0.877 e. The number of likely N-dealkylation sites (tertiary alicyclic amines) is 1. The van der Waals surface area contributed by atoms with Crippen molar-refractivity contribution in [2.45, 2.75) is 58.3 Å². The average Bonchev–Trinajstić information content (AvgIpc) is 2.67. The number of hydrogen-bond donors (Lipinski definition) is 0. The summed E-state index contributed by atoms with van der Waals surface area (Å²) in [4.78, 5) is 24.4. The molecule has 108 valence electrons. The van der Waals surface area contributed by atoms with Gasteiger partial charge in [-0.3, -0.25) is 9.59 Å². The molecule has 0 aromatic rings. The molecule has 0 N–H and O–H groups in total. The maximum atomic E-state index is 11.6. The molecule has 1 heterocycles. The van der Waals surface area contributed by atoms with Crippen molar-refractivity contribution in [2.75, 3.05) is 13.1 Å².